The van der Waals surface area contributed by atoms with Gasteiger partial charge in [0.05, 0.1) is 18.2 Å². The monoisotopic (exact) mass is 729 g/mol. The zero-order valence-electron chi connectivity index (χ0n) is 27.0. The maximum atomic E-state index is 13.9. The van der Waals surface area contributed by atoms with Gasteiger partial charge in [0.1, 0.15) is 35.8 Å². The first-order chi connectivity index (χ1) is 24.8. The van der Waals surface area contributed by atoms with Crippen LogP contribution in [0.25, 0.3) is 33.4 Å². The number of phenolic OH excluding ortho intramolecular Hbond substituents is 1. The molecule has 4 aromatic rings. The number of nitrogens with one attached hydrogen (secondary N) is 2. The van der Waals surface area contributed by atoms with Gasteiger partial charge in [-0.2, -0.15) is 0 Å². The minimum atomic E-state index is -4.44. The van der Waals surface area contributed by atoms with E-state index < -0.39 is 55.9 Å². The molecule has 3 aliphatic rings. The molecule has 4 atom stereocenters. The largest absolute Gasteiger partial charge is 0.508 e. The number of carboxylic acids is 1. The predicted molar refractivity (Wildman–Crippen MR) is 182 cm³/mol. The maximum Gasteiger partial charge on any atom is 0.437 e. The minimum Gasteiger partial charge on any atom is -0.508 e. The van der Waals surface area contributed by atoms with Crippen molar-refractivity contribution in [1.29, 1.82) is 0 Å². The van der Waals surface area contributed by atoms with Gasteiger partial charge in [-0.15, -0.1) is 0 Å². The third-order valence-electron chi connectivity index (χ3n) is 8.66. The van der Waals surface area contributed by atoms with Crippen molar-refractivity contribution >= 4 is 30.6 Å². The molecule has 52 heavy (non-hydrogen) atoms. The van der Waals surface area contributed by atoms with Gasteiger partial charge in [-0.25, -0.2) is 23.5 Å². The second kappa shape index (κ2) is 13.2. The van der Waals surface area contributed by atoms with Crippen molar-refractivity contribution in [2.75, 3.05) is 6.61 Å². The fourth-order valence-electron chi connectivity index (χ4n) is 6.13. The molecule has 0 spiro atoms. The minimum absolute atomic E-state index is 0.00716. The molecule has 1 saturated heterocycles. The molecule has 266 valence electrons. The topological polar surface area (TPSA) is 245 Å². The lowest BCUT2D eigenvalue weighted by molar-refractivity contribution is -0.0259. The standard InChI is InChI=1S/C34H28N5O12P/c1-17-14-39(34(46)37-31(17)42)29-13-25(28(51-29)15-49-52(47,48)38-9-8-35-16-38)36-32(43)18-2-5-21(33(44)45)24(10-18)30-22-6-3-19(40)11-26(22)50-27-12-20(41)4-7-23(27)30/h2-12,14,16,25,28-29,40H,13,15H2,1H3,(H,36,43)(H,44,45)(H,47,48)(H,37,42,46)/t25-,28-,29-/m1/s1. The third kappa shape index (κ3) is 6.44. The lowest BCUT2D eigenvalue weighted by Crippen LogP contribution is -2.42. The van der Waals surface area contributed by atoms with E-state index in [0.717, 1.165) is 15.2 Å². The first-order valence-corrected chi connectivity index (χ1v) is 17.1. The number of aromatic carboxylic acids is 1. The third-order valence-corrected chi connectivity index (χ3v) is 9.96. The van der Waals surface area contributed by atoms with E-state index in [1.165, 1.54) is 80.1 Å². The molecule has 2 aromatic heterocycles. The Bertz CT molecular complexity index is 2580. The highest BCUT2D eigenvalue weighted by Crippen LogP contribution is 2.45. The number of carbonyl (C=O) groups excluding carboxylic acids is 1. The van der Waals surface area contributed by atoms with Crippen LogP contribution < -0.4 is 22.0 Å². The van der Waals surface area contributed by atoms with Gasteiger partial charge in [-0.1, -0.05) is 0 Å². The average Bonchev–Trinajstić information content (AvgIpc) is 3.79. The Hall–Kier alpha value is -6.13. The van der Waals surface area contributed by atoms with E-state index in [2.05, 4.69) is 15.3 Å². The number of aryl methyl sites for hydroxylation is 1. The van der Waals surface area contributed by atoms with E-state index in [1.807, 2.05) is 0 Å². The molecule has 0 bridgehead atoms. The van der Waals surface area contributed by atoms with E-state index in [-0.39, 0.29) is 51.2 Å². The van der Waals surface area contributed by atoms with Gasteiger partial charge in [0.25, 0.3) is 11.5 Å². The van der Waals surface area contributed by atoms with Crippen LogP contribution in [0.4, 0.5) is 0 Å². The van der Waals surface area contributed by atoms with E-state index in [4.69, 9.17) is 13.7 Å². The number of hydrogen-bond donors (Lipinski definition) is 5. The van der Waals surface area contributed by atoms with Crippen molar-refractivity contribution in [3.63, 3.8) is 0 Å². The Morgan fingerprint density at radius 3 is 2.65 bits per heavy atom. The fourth-order valence-corrected chi connectivity index (χ4v) is 7.02. The van der Waals surface area contributed by atoms with Crippen LogP contribution in [0.15, 0.2) is 98.3 Å². The summed E-state index contributed by atoms with van der Waals surface area (Å²) >= 11 is 0. The van der Waals surface area contributed by atoms with Crippen molar-refractivity contribution in [2.24, 2.45) is 0 Å². The van der Waals surface area contributed by atoms with Gasteiger partial charge in [-0.05, 0) is 55.0 Å². The van der Waals surface area contributed by atoms with Crippen molar-refractivity contribution in [3.8, 4) is 28.2 Å². The highest BCUT2D eigenvalue weighted by molar-refractivity contribution is 7.51. The molecule has 18 heteroatoms. The Morgan fingerprint density at radius 1 is 1.10 bits per heavy atom. The Labute approximate surface area is 291 Å². The number of fused-ring (bicyclic) bond motifs is 2. The number of amides is 1. The highest BCUT2D eigenvalue weighted by Gasteiger charge is 2.40. The molecule has 7 rings (SSSR count). The SMILES string of the molecule is Cc1cn([C@H]2C[C@@H](NC(=O)c3ccc(C(=O)O)c(-c4c5ccc(=O)cc-5oc5cc(O)ccc45)c3)[C@@H](COP(=O)(O)n3ccnc3)O2)c(=O)[nH]c1=O. The smallest absolute Gasteiger partial charge is 0.437 e. The van der Waals surface area contributed by atoms with Crippen LogP contribution >= 0.6 is 7.75 Å². The van der Waals surface area contributed by atoms with Crippen molar-refractivity contribution in [3.05, 3.63) is 127 Å². The number of phenols is 1. The fraction of sp³-hybridized carbons (Fsp3) is 0.176. The molecular weight excluding hydrogens is 701 g/mol. The van der Waals surface area contributed by atoms with E-state index in [9.17, 15) is 43.6 Å². The average molecular weight is 730 g/mol. The number of carboxylic acid groups (broad SMARTS) is 1. The van der Waals surface area contributed by atoms with Crippen LogP contribution in [-0.4, -0.2) is 64.6 Å². The number of ether oxygens (including phenoxy) is 1. The first kappa shape index (κ1) is 34.3. The Morgan fingerprint density at radius 2 is 1.90 bits per heavy atom. The van der Waals surface area contributed by atoms with Gasteiger partial charge < -0.3 is 29.6 Å². The Balaban J connectivity index is 1.26. The molecule has 4 heterocycles. The van der Waals surface area contributed by atoms with Crippen LogP contribution in [0.1, 0.15) is 38.9 Å². The molecule has 1 aliphatic carbocycles. The zero-order chi connectivity index (χ0) is 36.9. The number of rotatable bonds is 9. The van der Waals surface area contributed by atoms with Crippen LogP contribution in [0.2, 0.25) is 0 Å². The lowest BCUT2D eigenvalue weighted by Gasteiger charge is -2.22. The van der Waals surface area contributed by atoms with E-state index in [1.54, 1.807) is 0 Å². The molecule has 1 amide bonds. The molecule has 0 radical (unpaired) electrons. The molecule has 2 aromatic carbocycles. The summed E-state index contributed by atoms with van der Waals surface area (Å²) in [6.45, 7) is 0.971. The van der Waals surface area contributed by atoms with Crippen LogP contribution in [-0.2, 0) is 13.8 Å². The molecule has 1 fully saturated rings. The van der Waals surface area contributed by atoms with Crippen LogP contribution in [0.5, 0.6) is 5.75 Å². The van der Waals surface area contributed by atoms with Crippen molar-refractivity contribution in [2.45, 2.75) is 31.7 Å². The number of benzene rings is 3. The number of H-pyrrole nitrogens is 1. The number of aromatic amines is 1. The number of imidazole rings is 1. The molecule has 0 saturated carbocycles. The predicted octanol–water partition coefficient (Wildman–Crippen LogP) is 3.07. The van der Waals surface area contributed by atoms with Crippen LogP contribution in [0.3, 0.4) is 0 Å². The summed E-state index contributed by atoms with van der Waals surface area (Å²) in [6.07, 6.45) is 2.74. The van der Waals surface area contributed by atoms with Gasteiger partial charge >= 0.3 is 19.4 Å². The second-order valence-electron chi connectivity index (χ2n) is 12.0. The van der Waals surface area contributed by atoms with Gasteiger partial charge in [0.15, 0.2) is 5.43 Å². The van der Waals surface area contributed by atoms with E-state index >= 15 is 0 Å². The van der Waals surface area contributed by atoms with E-state index in [0.29, 0.717) is 16.5 Å². The highest BCUT2D eigenvalue weighted by atomic mass is 31.2. The molecule has 17 nitrogen and oxygen atoms in total. The summed E-state index contributed by atoms with van der Waals surface area (Å²) in [5.74, 6) is -2.02. The quantitative estimate of drug-likeness (QED) is 0.106. The number of carbonyl (C=O) groups is 2. The molecule has 2 aliphatic heterocycles. The van der Waals surface area contributed by atoms with Gasteiger partial charge in [0, 0.05) is 64.8 Å². The Kier molecular flexibility index (Phi) is 8.72. The first-order valence-electron chi connectivity index (χ1n) is 15.6. The summed E-state index contributed by atoms with van der Waals surface area (Å²) in [6, 6.07) is 11.2. The van der Waals surface area contributed by atoms with Crippen LogP contribution in [0, 0.1) is 6.92 Å². The number of aromatic nitrogens is 4. The molecule has 1 unspecified atom stereocenters. The number of nitrogens with zero attached hydrogens (tertiary/aromatic N) is 3. The van der Waals surface area contributed by atoms with Crippen molar-refractivity contribution in [1.82, 2.24) is 24.2 Å². The second-order valence-corrected chi connectivity index (χ2v) is 13.7. The lowest BCUT2D eigenvalue weighted by atomic mass is 9.89. The summed E-state index contributed by atoms with van der Waals surface area (Å²) in [5.41, 5.74) is -0.745. The van der Waals surface area contributed by atoms with Crippen molar-refractivity contribution < 1.29 is 42.9 Å². The summed E-state index contributed by atoms with van der Waals surface area (Å²) in [7, 11) is -4.44. The zero-order valence-corrected chi connectivity index (χ0v) is 27.9. The van der Waals surface area contributed by atoms with Gasteiger partial charge in [0.2, 0.25) is 0 Å². The number of hydrogen-bond acceptors (Lipinski definition) is 11. The van der Waals surface area contributed by atoms with Gasteiger partial charge in [-0.3, -0.25) is 28.5 Å². The molecular formula is C34H28N5O12P. The molecule has 5 N–H and O–H groups in total. The maximum absolute atomic E-state index is 13.9. The summed E-state index contributed by atoms with van der Waals surface area (Å²) in [5, 5.41) is 23.5. The number of aromatic hydroxyl groups is 1. The summed E-state index contributed by atoms with van der Waals surface area (Å²) in [4.78, 5) is 79.9. The summed E-state index contributed by atoms with van der Waals surface area (Å²) < 4.78 is 32.2. The normalized spacial score (nSPS) is 18.4.